The minimum atomic E-state index is -0.615. The van der Waals surface area contributed by atoms with E-state index in [1.807, 2.05) is 0 Å². The van der Waals surface area contributed by atoms with E-state index in [-0.39, 0.29) is 17.1 Å². The lowest BCUT2D eigenvalue weighted by molar-refractivity contribution is -0.384. The van der Waals surface area contributed by atoms with Crippen molar-refractivity contribution in [2.24, 2.45) is 0 Å². The van der Waals surface area contributed by atoms with Gasteiger partial charge >= 0.3 is 0 Å². The number of para-hydroxylation sites is 2. The van der Waals surface area contributed by atoms with Crippen LogP contribution < -0.4 is 5.32 Å². The smallest absolute Gasteiger partial charge is 0.292 e. The first kappa shape index (κ1) is 16.1. The van der Waals surface area contributed by atoms with E-state index in [2.05, 4.69) is 5.32 Å². The molecule has 0 heterocycles. The van der Waals surface area contributed by atoms with E-state index >= 15 is 0 Å². The minimum absolute atomic E-state index is 0.0694. The van der Waals surface area contributed by atoms with Crippen LogP contribution in [0, 0.1) is 20.2 Å². The number of nitro benzene ring substituents is 2. The molecule has 0 bridgehead atoms. The van der Waals surface area contributed by atoms with Crippen molar-refractivity contribution < 1.29 is 14.6 Å². The van der Waals surface area contributed by atoms with Gasteiger partial charge in [0.25, 0.3) is 11.4 Å². The maximum absolute atomic E-state index is 12.2. The van der Waals surface area contributed by atoms with Gasteiger partial charge in [-0.3, -0.25) is 25.0 Å². The van der Waals surface area contributed by atoms with Crippen LogP contribution in [0.3, 0.4) is 0 Å². The van der Waals surface area contributed by atoms with Crippen LogP contribution in [-0.2, 0) is 4.79 Å². The molecule has 2 rings (SSSR count). The molecular formula is C15H13N3O5. The molecule has 0 saturated carbocycles. The molecule has 23 heavy (non-hydrogen) atoms. The van der Waals surface area contributed by atoms with E-state index in [0.717, 1.165) is 0 Å². The van der Waals surface area contributed by atoms with Crippen LogP contribution in [0.4, 0.5) is 17.1 Å². The highest BCUT2D eigenvalue weighted by Crippen LogP contribution is 2.26. The summed E-state index contributed by atoms with van der Waals surface area (Å²) in [7, 11) is 0. The van der Waals surface area contributed by atoms with Gasteiger partial charge in [0, 0.05) is 18.2 Å². The molecule has 1 amide bonds. The molecular weight excluding hydrogens is 302 g/mol. The molecule has 2 aromatic carbocycles. The van der Waals surface area contributed by atoms with Crippen LogP contribution in [0.1, 0.15) is 18.4 Å². The third-order valence-corrected chi connectivity index (χ3v) is 3.36. The molecule has 1 atom stereocenters. The SMILES string of the molecule is C[C@@H](C(=O)Nc1ccccc1[N+](=O)[O-])c1ccc([N+](=O)[O-])cc1. The summed E-state index contributed by atoms with van der Waals surface area (Å²) in [5.74, 6) is -1.05. The van der Waals surface area contributed by atoms with E-state index in [1.54, 1.807) is 13.0 Å². The van der Waals surface area contributed by atoms with Gasteiger partial charge in [-0.2, -0.15) is 0 Å². The lowest BCUT2D eigenvalue weighted by atomic mass is 10.00. The van der Waals surface area contributed by atoms with Crippen LogP contribution in [0.25, 0.3) is 0 Å². The molecule has 8 heteroatoms. The highest BCUT2D eigenvalue weighted by atomic mass is 16.6. The van der Waals surface area contributed by atoms with E-state index in [0.29, 0.717) is 5.56 Å². The molecule has 1 N–H and O–H groups in total. The number of non-ortho nitro benzene ring substituents is 1. The second-order valence-corrected chi connectivity index (χ2v) is 4.83. The fourth-order valence-electron chi connectivity index (χ4n) is 2.02. The summed E-state index contributed by atoms with van der Waals surface area (Å²) in [4.78, 5) is 32.7. The monoisotopic (exact) mass is 315 g/mol. The Labute approximate surface area is 131 Å². The lowest BCUT2D eigenvalue weighted by Crippen LogP contribution is -2.19. The fourth-order valence-corrected chi connectivity index (χ4v) is 2.02. The van der Waals surface area contributed by atoms with Crippen LogP contribution in [0.2, 0.25) is 0 Å². The topological polar surface area (TPSA) is 115 Å². The zero-order valence-corrected chi connectivity index (χ0v) is 12.1. The minimum Gasteiger partial charge on any atom is -0.320 e. The van der Waals surface area contributed by atoms with E-state index < -0.39 is 21.7 Å². The number of amides is 1. The Hall–Kier alpha value is -3.29. The zero-order valence-electron chi connectivity index (χ0n) is 12.1. The molecule has 0 aromatic heterocycles. The van der Waals surface area contributed by atoms with E-state index in [1.165, 1.54) is 42.5 Å². The molecule has 0 radical (unpaired) electrons. The standard InChI is InChI=1S/C15H13N3O5/c1-10(11-6-8-12(9-7-11)17(20)21)15(19)16-13-4-2-3-5-14(13)18(22)23/h2-10H,1H3,(H,16,19)/t10-/m1/s1. The summed E-state index contributed by atoms with van der Waals surface area (Å²) in [6, 6.07) is 11.4. The zero-order chi connectivity index (χ0) is 17.0. The van der Waals surface area contributed by atoms with Crippen molar-refractivity contribution in [3.05, 3.63) is 74.3 Å². The molecule has 0 aliphatic carbocycles. The second kappa shape index (κ2) is 6.65. The first-order valence-electron chi connectivity index (χ1n) is 6.69. The fraction of sp³-hybridized carbons (Fsp3) is 0.133. The number of hydrogen-bond donors (Lipinski definition) is 1. The van der Waals surface area contributed by atoms with Crippen LogP contribution >= 0.6 is 0 Å². The van der Waals surface area contributed by atoms with Crippen molar-refractivity contribution in [2.45, 2.75) is 12.8 Å². The van der Waals surface area contributed by atoms with Gasteiger partial charge < -0.3 is 5.32 Å². The third kappa shape index (κ3) is 3.67. The summed E-state index contributed by atoms with van der Waals surface area (Å²) in [5, 5.41) is 24.1. The molecule has 2 aromatic rings. The Morgan fingerprint density at radius 3 is 2.17 bits per heavy atom. The number of hydrogen-bond acceptors (Lipinski definition) is 5. The molecule has 0 aliphatic heterocycles. The van der Waals surface area contributed by atoms with E-state index in [9.17, 15) is 25.0 Å². The average Bonchev–Trinajstić information content (AvgIpc) is 2.54. The molecule has 8 nitrogen and oxygen atoms in total. The van der Waals surface area contributed by atoms with Crippen molar-refractivity contribution in [3.63, 3.8) is 0 Å². The van der Waals surface area contributed by atoms with Crippen molar-refractivity contribution in [1.82, 2.24) is 0 Å². The summed E-state index contributed by atoms with van der Waals surface area (Å²) in [5.41, 5.74) is 0.416. The molecule has 0 spiro atoms. The van der Waals surface area contributed by atoms with Crippen molar-refractivity contribution >= 4 is 23.0 Å². The van der Waals surface area contributed by atoms with Gasteiger partial charge in [-0.1, -0.05) is 24.3 Å². The molecule has 118 valence electrons. The van der Waals surface area contributed by atoms with Crippen molar-refractivity contribution in [3.8, 4) is 0 Å². The highest BCUT2D eigenvalue weighted by molar-refractivity contribution is 5.97. The number of nitro groups is 2. The first-order valence-corrected chi connectivity index (χ1v) is 6.69. The van der Waals surface area contributed by atoms with Gasteiger partial charge in [0.15, 0.2) is 0 Å². The maximum atomic E-state index is 12.2. The molecule has 0 aliphatic rings. The van der Waals surface area contributed by atoms with Crippen LogP contribution in [0.15, 0.2) is 48.5 Å². The summed E-state index contributed by atoms with van der Waals surface area (Å²) >= 11 is 0. The molecule has 0 fully saturated rings. The number of carbonyl (C=O) groups is 1. The number of rotatable bonds is 5. The molecule has 0 unspecified atom stereocenters. The lowest BCUT2D eigenvalue weighted by Gasteiger charge is -2.12. The average molecular weight is 315 g/mol. The normalized spacial score (nSPS) is 11.5. The Balaban J connectivity index is 2.17. The number of carbonyl (C=O) groups excluding carboxylic acids is 1. The van der Waals surface area contributed by atoms with Gasteiger partial charge in [0.05, 0.1) is 15.8 Å². The van der Waals surface area contributed by atoms with Gasteiger partial charge in [-0.25, -0.2) is 0 Å². The first-order chi connectivity index (χ1) is 10.9. The second-order valence-electron chi connectivity index (χ2n) is 4.83. The van der Waals surface area contributed by atoms with Crippen molar-refractivity contribution in [1.29, 1.82) is 0 Å². The molecule has 0 saturated heterocycles. The van der Waals surface area contributed by atoms with Gasteiger partial charge in [0.2, 0.25) is 5.91 Å². The van der Waals surface area contributed by atoms with Gasteiger partial charge in [-0.15, -0.1) is 0 Å². The number of nitrogens with one attached hydrogen (secondary N) is 1. The Morgan fingerprint density at radius 1 is 1.00 bits per heavy atom. The number of nitrogens with zero attached hydrogens (tertiary/aromatic N) is 2. The summed E-state index contributed by atoms with van der Waals surface area (Å²) < 4.78 is 0. The maximum Gasteiger partial charge on any atom is 0.292 e. The van der Waals surface area contributed by atoms with Crippen LogP contribution in [0.5, 0.6) is 0 Å². The van der Waals surface area contributed by atoms with Gasteiger partial charge in [0.1, 0.15) is 5.69 Å². The Morgan fingerprint density at radius 2 is 1.61 bits per heavy atom. The summed E-state index contributed by atoms with van der Waals surface area (Å²) in [6.45, 7) is 1.62. The largest absolute Gasteiger partial charge is 0.320 e. The quantitative estimate of drug-likeness (QED) is 0.671. The third-order valence-electron chi connectivity index (χ3n) is 3.36. The highest BCUT2D eigenvalue weighted by Gasteiger charge is 2.20. The predicted octanol–water partition coefficient (Wildman–Crippen LogP) is 3.25. The van der Waals surface area contributed by atoms with E-state index in [4.69, 9.17) is 0 Å². The van der Waals surface area contributed by atoms with Gasteiger partial charge in [-0.05, 0) is 18.6 Å². The Bertz CT molecular complexity index is 758. The Kier molecular flexibility index (Phi) is 4.65. The number of benzene rings is 2. The summed E-state index contributed by atoms with van der Waals surface area (Å²) in [6.07, 6.45) is 0. The van der Waals surface area contributed by atoms with Crippen molar-refractivity contribution in [2.75, 3.05) is 5.32 Å². The predicted molar refractivity (Wildman–Crippen MR) is 83.2 cm³/mol. The number of anilines is 1. The van der Waals surface area contributed by atoms with Crippen LogP contribution in [-0.4, -0.2) is 15.8 Å².